The maximum Gasteiger partial charge on any atom is 0.141 e. The summed E-state index contributed by atoms with van der Waals surface area (Å²) in [5, 5.41) is 1.00. The highest BCUT2D eigenvalue weighted by molar-refractivity contribution is 6.13. The molecule has 0 saturated carbocycles. The van der Waals surface area contributed by atoms with Crippen LogP contribution >= 0.6 is 0 Å². The molecule has 0 aliphatic carbocycles. The normalized spacial score (nSPS) is 12.5. The summed E-state index contributed by atoms with van der Waals surface area (Å²) in [6, 6.07) is 1.97. The third-order valence-corrected chi connectivity index (χ3v) is 2.29. The summed E-state index contributed by atoms with van der Waals surface area (Å²) in [5.41, 5.74) is 2.68. The molecule has 0 amide bonds. The molecule has 0 radical (unpaired) electrons. The molecule has 0 fully saturated rings. The predicted octanol–water partition coefficient (Wildman–Crippen LogP) is 1.56. The van der Waals surface area contributed by atoms with Crippen LogP contribution < -0.4 is 0 Å². The number of fused-ring (bicyclic) bond motifs is 1. The van der Waals surface area contributed by atoms with E-state index in [-0.39, 0.29) is 0 Å². The van der Waals surface area contributed by atoms with Crippen molar-refractivity contribution < 1.29 is 0 Å². The summed E-state index contributed by atoms with van der Waals surface area (Å²) in [4.78, 5) is 17.6. The van der Waals surface area contributed by atoms with Gasteiger partial charge in [-0.3, -0.25) is 4.99 Å². The zero-order valence-corrected chi connectivity index (χ0v) is 10.2. The van der Waals surface area contributed by atoms with E-state index in [0.29, 0.717) is 0 Å². The van der Waals surface area contributed by atoms with Crippen molar-refractivity contribution in [2.75, 3.05) is 21.1 Å². The highest BCUT2D eigenvalue weighted by Gasteiger charge is 2.08. The predicted molar refractivity (Wildman–Crippen MR) is 70.0 cm³/mol. The van der Waals surface area contributed by atoms with Gasteiger partial charge in [0.1, 0.15) is 12.0 Å². The van der Waals surface area contributed by atoms with Gasteiger partial charge >= 0.3 is 0 Å². The molecule has 2 heterocycles. The molecule has 88 valence electrons. The smallest absolute Gasteiger partial charge is 0.141 e. The van der Waals surface area contributed by atoms with Gasteiger partial charge in [-0.25, -0.2) is 9.97 Å². The summed E-state index contributed by atoms with van der Waals surface area (Å²) < 4.78 is 0. The van der Waals surface area contributed by atoms with Crippen LogP contribution in [0.5, 0.6) is 0 Å². The van der Waals surface area contributed by atoms with Gasteiger partial charge in [-0.2, -0.15) is 0 Å². The Kier molecular flexibility index (Phi) is 3.18. The van der Waals surface area contributed by atoms with Crippen LogP contribution in [-0.4, -0.2) is 47.2 Å². The number of allylic oxidation sites excluding steroid dienone is 1. The Morgan fingerprint density at radius 1 is 1.41 bits per heavy atom. The third-order valence-electron chi connectivity index (χ3n) is 2.29. The van der Waals surface area contributed by atoms with Crippen LogP contribution in [0.2, 0.25) is 0 Å². The largest absolute Gasteiger partial charge is 0.383 e. The van der Waals surface area contributed by atoms with Crippen LogP contribution in [0, 0.1) is 0 Å². The molecule has 17 heavy (non-hydrogen) atoms. The van der Waals surface area contributed by atoms with Crippen molar-refractivity contribution in [2.24, 2.45) is 4.99 Å². The minimum atomic E-state index is 0.837. The quantitative estimate of drug-likeness (QED) is 0.813. The number of nitrogens with zero attached hydrogens (tertiary/aromatic N) is 4. The Balaban J connectivity index is 2.60. The number of hydrogen-bond acceptors (Lipinski definition) is 4. The number of hydrogen-bond donors (Lipinski definition) is 1. The van der Waals surface area contributed by atoms with Crippen molar-refractivity contribution in [1.82, 2.24) is 19.9 Å². The van der Waals surface area contributed by atoms with E-state index in [1.54, 1.807) is 19.6 Å². The second-order valence-corrected chi connectivity index (χ2v) is 3.90. The van der Waals surface area contributed by atoms with E-state index in [9.17, 15) is 0 Å². The van der Waals surface area contributed by atoms with Gasteiger partial charge in [0.05, 0.1) is 5.69 Å². The molecule has 0 aliphatic rings. The number of nitrogens with one attached hydrogen (secondary N) is 1. The van der Waals surface area contributed by atoms with Gasteiger partial charge in [0, 0.05) is 50.7 Å². The minimum Gasteiger partial charge on any atom is -0.383 e. The first-order valence-corrected chi connectivity index (χ1v) is 5.31. The Labute approximate surface area is 99.9 Å². The van der Waals surface area contributed by atoms with Crippen LogP contribution in [0.3, 0.4) is 0 Å². The summed E-state index contributed by atoms with van der Waals surface area (Å²) >= 11 is 0. The van der Waals surface area contributed by atoms with Crippen LogP contribution in [-0.2, 0) is 0 Å². The van der Waals surface area contributed by atoms with Crippen molar-refractivity contribution in [3.05, 3.63) is 30.5 Å². The van der Waals surface area contributed by atoms with Crippen molar-refractivity contribution in [2.45, 2.75) is 0 Å². The second-order valence-electron chi connectivity index (χ2n) is 3.90. The topological polar surface area (TPSA) is 57.2 Å². The van der Waals surface area contributed by atoms with E-state index >= 15 is 0 Å². The molecule has 1 N–H and O–H groups in total. The van der Waals surface area contributed by atoms with Gasteiger partial charge < -0.3 is 9.88 Å². The molecule has 0 saturated heterocycles. The zero-order chi connectivity index (χ0) is 12.3. The number of rotatable bonds is 3. The van der Waals surface area contributed by atoms with Crippen LogP contribution in [0.4, 0.5) is 0 Å². The zero-order valence-electron chi connectivity index (χ0n) is 10.2. The molecule has 0 aromatic carbocycles. The fourth-order valence-corrected chi connectivity index (χ4v) is 1.68. The van der Waals surface area contributed by atoms with Crippen LogP contribution in [0.15, 0.2) is 29.8 Å². The lowest BCUT2D eigenvalue weighted by Gasteiger charge is -2.08. The van der Waals surface area contributed by atoms with Gasteiger partial charge in [0.15, 0.2) is 0 Å². The molecule has 0 aliphatic heterocycles. The monoisotopic (exact) mass is 229 g/mol. The van der Waals surface area contributed by atoms with Crippen molar-refractivity contribution in [1.29, 1.82) is 0 Å². The molecule has 2 aromatic heterocycles. The first kappa shape index (κ1) is 11.3. The van der Waals surface area contributed by atoms with E-state index in [2.05, 4.69) is 19.9 Å². The summed E-state index contributed by atoms with van der Waals surface area (Å²) in [6.07, 6.45) is 7.21. The molecule has 0 unspecified atom stereocenters. The Hall–Kier alpha value is -2.17. The second kappa shape index (κ2) is 4.78. The van der Waals surface area contributed by atoms with Crippen LogP contribution in [0.25, 0.3) is 16.6 Å². The highest BCUT2D eigenvalue weighted by Crippen LogP contribution is 2.19. The minimum absolute atomic E-state index is 0.837. The van der Waals surface area contributed by atoms with E-state index in [1.807, 2.05) is 37.5 Å². The van der Waals surface area contributed by atoms with Gasteiger partial charge in [-0.1, -0.05) is 0 Å². The molecule has 0 atom stereocenters. The van der Waals surface area contributed by atoms with Crippen molar-refractivity contribution in [3.8, 4) is 0 Å². The van der Waals surface area contributed by atoms with Crippen LogP contribution in [0.1, 0.15) is 5.69 Å². The van der Waals surface area contributed by atoms with Crippen molar-refractivity contribution >= 4 is 22.8 Å². The molecule has 0 spiro atoms. The lowest BCUT2D eigenvalue weighted by molar-refractivity contribution is 0.566. The molecule has 5 heteroatoms. The Morgan fingerprint density at radius 2 is 2.24 bits per heavy atom. The molecule has 5 nitrogen and oxygen atoms in total. The Morgan fingerprint density at radius 3 is 2.94 bits per heavy atom. The van der Waals surface area contributed by atoms with Gasteiger partial charge in [0.25, 0.3) is 0 Å². The lowest BCUT2D eigenvalue weighted by Crippen LogP contribution is -2.04. The van der Waals surface area contributed by atoms with E-state index in [0.717, 1.165) is 22.3 Å². The van der Waals surface area contributed by atoms with E-state index < -0.39 is 0 Å². The number of H-pyrrole nitrogens is 1. The SMILES string of the molecule is CN=C/C(=C\N(C)C)c1ncnc2[nH]ccc12. The van der Waals surface area contributed by atoms with E-state index in [1.165, 1.54) is 0 Å². The summed E-state index contributed by atoms with van der Waals surface area (Å²) in [6.45, 7) is 0. The molecule has 2 aromatic rings. The lowest BCUT2D eigenvalue weighted by atomic mass is 10.1. The van der Waals surface area contributed by atoms with E-state index in [4.69, 9.17) is 0 Å². The fraction of sp³-hybridized carbons (Fsp3) is 0.250. The maximum atomic E-state index is 4.33. The standard InChI is InChI=1S/C12H15N5/c1-13-6-9(7-17(2)3)11-10-4-5-14-12(10)16-8-15-11/h4-8H,1-3H3,(H,14,15,16)/b9-7+,13-6?. The maximum absolute atomic E-state index is 4.33. The number of aromatic nitrogens is 3. The van der Waals surface area contributed by atoms with Gasteiger partial charge in [0.2, 0.25) is 0 Å². The van der Waals surface area contributed by atoms with Gasteiger partial charge in [-0.15, -0.1) is 0 Å². The number of aliphatic imine (C=N–C) groups is 1. The molecular formula is C12H15N5. The third kappa shape index (κ3) is 2.33. The molecular weight excluding hydrogens is 214 g/mol. The van der Waals surface area contributed by atoms with Crippen molar-refractivity contribution in [3.63, 3.8) is 0 Å². The average Bonchev–Trinajstić information content (AvgIpc) is 2.75. The summed E-state index contributed by atoms with van der Waals surface area (Å²) in [7, 11) is 5.69. The highest BCUT2D eigenvalue weighted by atomic mass is 15.0. The summed E-state index contributed by atoms with van der Waals surface area (Å²) in [5.74, 6) is 0. The molecule has 2 rings (SSSR count). The molecule has 0 bridgehead atoms. The first-order chi connectivity index (χ1) is 8.22. The Bertz CT molecular complexity index is 565. The average molecular weight is 229 g/mol. The fourth-order valence-electron chi connectivity index (χ4n) is 1.68. The van der Waals surface area contributed by atoms with Gasteiger partial charge in [-0.05, 0) is 6.07 Å². The first-order valence-electron chi connectivity index (χ1n) is 5.31. The number of aromatic amines is 1.